The number of hydrogen-bond acceptors (Lipinski definition) is 8. The van der Waals surface area contributed by atoms with Crippen molar-refractivity contribution in [3.8, 4) is 22.9 Å². The topological polar surface area (TPSA) is 109 Å². The van der Waals surface area contributed by atoms with Crippen LogP contribution >= 0.6 is 0 Å². The minimum atomic E-state index is -0.0583. The maximum Gasteiger partial charge on any atom is 0.240 e. The quantitative estimate of drug-likeness (QED) is 0.423. The lowest BCUT2D eigenvalue weighted by Gasteiger charge is -2.29. The second-order valence-electron chi connectivity index (χ2n) is 10.1. The van der Waals surface area contributed by atoms with Gasteiger partial charge in [0.15, 0.2) is 0 Å². The van der Waals surface area contributed by atoms with Crippen LogP contribution in [0.3, 0.4) is 0 Å². The van der Waals surface area contributed by atoms with Gasteiger partial charge in [0.25, 0.3) is 0 Å². The summed E-state index contributed by atoms with van der Waals surface area (Å²) in [6.07, 6.45) is 5.84. The molecular formula is C27H34N8O3. The average molecular weight is 519 g/mol. The van der Waals surface area contributed by atoms with Crippen LogP contribution in [0.1, 0.15) is 23.9 Å². The van der Waals surface area contributed by atoms with Crippen LogP contribution in [-0.4, -0.2) is 97.2 Å². The highest BCUT2D eigenvalue weighted by Gasteiger charge is 2.37. The van der Waals surface area contributed by atoms with Crippen molar-refractivity contribution in [2.75, 3.05) is 40.4 Å². The van der Waals surface area contributed by atoms with Crippen molar-refractivity contribution in [2.24, 2.45) is 7.05 Å². The Morgan fingerprint density at radius 2 is 2.05 bits per heavy atom. The molecule has 11 heteroatoms. The normalized spacial score (nSPS) is 21.0. The number of ether oxygens (including phenoxy) is 2. The maximum absolute atomic E-state index is 9.79. The lowest BCUT2D eigenvalue weighted by molar-refractivity contribution is 0.104. The monoisotopic (exact) mass is 518 g/mol. The average Bonchev–Trinajstić information content (AvgIpc) is 3.65. The van der Waals surface area contributed by atoms with E-state index in [0.29, 0.717) is 25.6 Å². The number of nitrogens with one attached hydrogen (secondary N) is 1. The van der Waals surface area contributed by atoms with Crippen molar-refractivity contribution in [3.05, 3.63) is 41.3 Å². The van der Waals surface area contributed by atoms with Crippen LogP contribution in [0.4, 0.5) is 0 Å². The predicted octanol–water partition coefficient (Wildman–Crippen LogP) is 2.23. The number of H-pyrrole nitrogens is 1. The molecule has 38 heavy (non-hydrogen) atoms. The summed E-state index contributed by atoms with van der Waals surface area (Å²) in [5.41, 5.74) is 5.61. The van der Waals surface area contributed by atoms with E-state index >= 15 is 0 Å². The van der Waals surface area contributed by atoms with Crippen molar-refractivity contribution in [3.63, 3.8) is 0 Å². The third-order valence-corrected chi connectivity index (χ3v) is 7.50. The number of rotatable bonds is 4. The first-order valence-corrected chi connectivity index (χ1v) is 13.0. The molecule has 4 aromatic rings. The number of aliphatic hydroxyl groups excluding tert-OH is 1. The molecule has 3 aromatic heterocycles. The summed E-state index contributed by atoms with van der Waals surface area (Å²) in [7, 11) is 6.16. The van der Waals surface area contributed by atoms with E-state index in [-0.39, 0.29) is 18.8 Å². The molecule has 0 unspecified atom stereocenters. The number of fused-ring (bicyclic) bond motifs is 5. The van der Waals surface area contributed by atoms with E-state index in [0.717, 1.165) is 58.0 Å². The first kappa shape index (κ1) is 24.7. The summed E-state index contributed by atoms with van der Waals surface area (Å²) in [6, 6.07) is 6.38. The summed E-state index contributed by atoms with van der Waals surface area (Å²) in [4.78, 5) is 4.61. The van der Waals surface area contributed by atoms with Crippen LogP contribution in [0, 0.1) is 0 Å². The third kappa shape index (κ3) is 4.26. The van der Waals surface area contributed by atoms with Crippen molar-refractivity contribution in [1.82, 2.24) is 39.6 Å². The molecule has 5 heterocycles. The van der Waals surface area contributed by atoms with E-state index in [2.05, 4.69) is 51.3 Å². The fraction of sp³-hybridized carbons (Fsp3) is 0.444. The van der Waals surface area contributed by atoms with Gasteiger partial charge in [-0.3, -0.25) is 14.7 Å². The van der Waals surface area contributed by atoms with Gasteiger partial charge in [-0.25, -0.2) is 4.68 Å². The molecule has 1 saturated heterocycles. The zero-order valence-corrected chi connectivity index (χ0v) is 22.3. The van der Waals surface area contributed by atoms with Gasteiger partial charge in [-0.1, -0.05) is 6.07 Å². The number of likely N-dealkylation sites (tertiary alicyclic amines) is 1. The number of likely N-dealkylation sites (N-methyl/N-ethyl adjacent to an activating group) is 2. The van der Waals surface area contributed by atoms with Crippen LogP contribution in [0.25, 0.3) is 34.2 Å². The number of nitrogens with zero attached hydrogens (tertiary/aromatic N) is 7. The second kappa shape index (κ2) is 9.90. The van der Waals surface area contributed by atoms with Gasteiger partial charge in [-0.2, -0.15) is 10.2 Å². The number of benzene rings is 1. The highest BCUT2D eigenvalue weighted by molar-refractivity contribution is 5.93. The summed E-state index contributed by atoms with van der Waals surface area (Å²) in [5.74, 6) is 1.31. The third-order valence-electron chi connectivity index (χ3n) is 7.50. The van der Waals surface area contributed by atoms with Gasteiger partial charge in [-0.15, -0.1) is 5.10 Å². The van der Waals surface area contributed by atoms with Crippen molar-refractivity contribution < 1.29 is 14.6 Å². The first-order valence-electron chi connectivity index (χ1n) is 13.0. The molecule has 0 radical (unpaired) electrons. The molecule has 200 valence electrons. The van der Waals surface area contributed by atoms with Gasteiger partial charge in [0.05, 0.1) is 60.0 Å². The molecular weight excluding hydrogens is 484 g/mol. The number of aliphatic hydroxyl groups is 1. The predicted molar refractivity (Wildman–Crippen MR) is 145 cm³/mol. The fourth-order valence-electron chi connectivity index (χ4n) is 5.58. The molecule has 0 spiro atoms. The standard InChI is InChI=1S/C27H34N8O3/c1-5-37-26-18-7-9-22-19-12-17(6-8-21(19)29-30-22)20-13-28-34(4)27(20)38-25-16-32(2)14-24(25)33(3)15-23(18)35(31-26)10-11-36/h6-9,12-13,24-25,36H,5,10-11,14-16H2,1-4H3,(H,29,30)/b9-7+/t24-,25-/m1/s1. The van der Waals surface area contributed by atoms with Crippen molar-refractivity contribution in [2.45, 2.75) is 32.2 Å². The SMILES string of the molecule is CCOc1nn(CCO)c2c1/C=C/c1n[nH]c3ccc(cc13)-c1cnn(C)c1O[C@@H]1CN(C)C[C@H]1N(C)C2. The first-order chi connectivity index (χ1) is 18.5. The molecule has 2 atom stereocenters. The smallest absolute Gasteiger partial charge is 0.240 e. The largest absolute Gasteiger partial charge is 0.476 e. The van der Waals surface area contributed by atoms with E-state index < -0.39 is 0 Å². The van der Waals surface area contributed by atoms with Crippen LogP contribution in [0.5, 0.6) is 11.8 Å². The Labute approximate surface area is 221 Å². The van der Waals surface area contributed by atoms with Gasteiger partial charge in [0, 0.05) is 32.1 Å². The number of aromatic amines is 1. The van der Waals surface area contributed by atoms with E-state index in [1.54, 1.807) is 0 Å². The molecule has 0 amide bonds. The lowest BCUT2D eigenvalue weighted by atomic mass is 10.1. The maximum atomic E-state index is 9.79. The van der Waals surface area contributed by atoms with Gasteiger partial charge in [0.2, 0.25) is 11.8 Å². The Morgan fingerprint density at radius 3 is 2.87 bits per heavy atom. The van der Waals surface area contributed by atoms with Crippen molar-refractivity contribution in [1.29, 1.82) is 0 Å². The Bertz CT molecular complexity index is 1490. The van der Waals surface area contributed by atoms with Crippen LogP contribution < -0.4 is 9.47 Å². The molecule has 0 aliphatic carbocycles. The van der Waals surface area contributed by atoms with Crippen LogP contribution in [0.15, 0.2) is 24.4 Å². The van der Waals surface area contributed by atoms with E-state index in [1.165, 1.54) is 0 Å². The van der Waals surface area contributed by atoms with Crippen LogP contribution in [0.2, 0.25) is 0 Å². The Hall–Kier alpha value is -3.67. The molecule has 11 nitrogen and oxygen atoms in total. The van der Waals surface area contributed by atoms with Gasteiger partial charge in [-0.05, 0) is 50.9 Å². The number of aryl methyl sites for hydroxylation is 1. The van der Waals surface area contributed by atoms with E-state index in [9.17, 15) is 5.11 Å². The fourth-order valence-corrected chi connectivity index (χ4v) is 5.58. The summed E-state index contributed by atoms with van der Waals surface area (Å²) < 4.78 is 16.4. The molecule has 2 N–H and O–H groups in total. The highest BCUT2D eigenvalue weighted by Crippen LogP contribution is 2.35. The van der Waals surface area contributed by atoms with Gasteiger partial charge >= 0.3 is 0 Å². The van der Waals surface area contributed by atoms with E-state index in [1.807, 2.05) is 47.8 Å². The highest BCUT2D eigenvalue weighted by atomic mass is 16.5. The number of aromatic nitrogens is 6. The van der Waals surface area contributed by atoms with E-state index in [4.69, 9.17) is 14.6 Å². The molecule has 1 aromatic carbocycles. The summed E-state index contributed by atoms with van der Waals surface area (Å²) in [6.45, 7) is 5.10. The van der Waals surface area contributed by atoms with Gasteiger partial charge in [0.1, 0.15) is 6.10 Å². The lowest BCUT2D eigenvalue weighted by Crippen LogP contribution is -2.43. The second-order valence-corrected chi connectivity index (χ2v) is 10.1. The van der Waals surface area contributed by atoms with Crippen LogP contribution in [-0.2, 0) is 20.1 Å². The number of hydrogen-bond donors (Lipinski definition) is 2. The van der Waals surface area contributed by atoms with Gasteiger partial charge < -0.3 is 19.5 Å². The molecule has 6 rings (SSSR count). The Kier molecular flexibility index (Phi) is 6.42. The molecule has 2 aliphatic heterocycles. The molecule has 0 saturated carbocycles. The Morgan fingerprint density at radius 1 is 1.18 bits per heavy atom. The molecule has 1 fully saturated rings. The minimum absolute atomic E-state index is 0.0128. The zero-order valence-electron chi connectivity index (χ0n) is 22.3. The summed E-state index contributed by atoms with van der Waals surface area (Å²) >= 11 is 0. The molecule has 2 aliphatic rings. The zero-order chi connectivity index (χ0) is 26.4. The minimum Gasteiger partial charge on any atom is -0.476 e. The Balaban J connectivity index is 1.55. The molecule has 2 bridgehead atoms. The summed E-state index contributed by atoms with van der Waals surface area (Å²) in [5, 5.41) is 27.8. The van der Waals surface area contributed by atoms with Crippen molar-refractivity contribution >= 4 is 23.1 Å².